The highest BCUT2D eigenvalue weighted by atomic mass is 35.5. The Bertz CT molecular complexity index is 368. The minimum atomic E-state index is -0.315. The Kier molecular flexibility index (Phi) is 11.9. The molecule has 1 rings (SSSR count). The molecule has 140 valence electrons. The third kappa shape index (κ3) is 8.85. The topological polar surface area (TPSA) is 67.9 Å². The molecule has 1 saturated heterocycles. The van der Waals surface area contributed by atoms with Gasteiger partial charge in [0.15, 0.2) is 0 Å². The molecule has 0 spiro atoms. The van der Waals surface area contributed by atoms with Crippen LogP contribution >= 0.6 is 11.6 Å². The van der Waals surface area contributed by atoms with Crippen molar-refractivity contribution in [1.82, 2.24) is 10.2 Å². The molecule has 1 aliphatic heterocycles. The molecule has 7 heteroatoms. The molecule has 0 aromatic rings. The molecule has 1 N–H and O–H groups in total. The van der Waals surface area contributed by atoms with E-state index in [0.29, 0.717) is 32.9 Å². The lowest BCUT2D eigenvalue weighted by atomic mass is 10.2. The van der Waals surface area contributed by atoms with Crippen molar-refractivity contribution in [3.8, 4) is 0 Å². The Morgan fingerprint density at radius 2 is 1.79 bits per heavy atom. The predicted octanol–water partition coefficient (Wildman–Crippen LogP) is 1.95. The highest BCUT2D eigenvalue weighted by molar-refractivity contribution is 6.17. The molecule has 1 aliphatic rings. The lowest BCUT2D eigenvalue weighted by molar-refractivity contribution is -0.136. The lowest BCUT2D eigenvalue weighted by Crippen LogP contribution is -2.45. The number of nitrogens with zero attached hydrogens (tertiary/aromatic N) is 1. The van der Waals surface area contributed by atoms with Crippen LogP contribution in [0.4, 0.5) is 0 Å². The summed E-state index contributed by atoms with van der Waals surface area (Å²) in [4.78, 5) is 25.1. The van der Waals surface area contributed by atoms with Crippen molar-refractivity contribution in [3.05, 3.63) is 0 Å². The van der Waals surface area contributed by atoms with Gasteiger partial charge in [0, 0.05) is 32.5 Å². The zero-order valence-corrected chi connectivity index (χ0v) is 15.5. The summed E-state index contributed by atoms with van der Waals surface area (Å²) >= 11 is 5.61. The van der Waals surface area contributed by atoms with Crippen LogP contribution in [0.25, 0.3) is 0 Å². The third-order valence-electron chi connectivity index (χ3n) is 4.05. The molecule has 1 unspecified atom stereocenters. The summed E-state index contributed by atoms with van der Waals surface area (Å²) < 4.78 is 10.9. The van der Waals surface area contributed by atoms with Crippen molar-refractivity contribution < 1.29 is 19.1 Å². The third-order valence-corrected chi connectivity index (χ3v) is 4.32. The van der Waals surface area contributed by atoms with Crippen molar-refractivity contribution in [1.29, 1.82) is 0 Å². The number of halogens is 1. The maximum atomic E-state index is 12.0. The lowest BCUT2D eigenvalue weighted by Gasteiger charge is -2.22. The van der Waals surface area contributed by atoms with Crippen molar-refractivity contribution in [2.45, 2.75) is 51.5 Å². The number of rotatable bonds is 13. The quantitative estimate of drug-likeness (QED) is 0.401. The van der Waals surface area contributed by atoms with Crippen LogP contribution in [-0.2, 0) is 19.1 Å². The number of carbonyl (C=O) groups excluding carboxylic acids is 2. The number of unbranched alkanes of at least 4 members (excludes halogenated alkanes) is 3. The number of ether oxygens (including phenoxy) is 2. The van der Waals surface area contributed by atoms with Crippen LogP contribution in [-0.4, -0.2) is 68.2 Å². The maximum absolute atomic E-state index is 12.0. The number of amides is 2. The van der Waals surface area contributed by atoms with E-state index in [0.717, 1.165) is 51.0 Å². The van der Waals surface area contributed by atoms with E-state index in [2.05, 4.69) is 5.32 Å². The van der Waals surface area contributed by atoms with Gasteiger partial charge in [0.05, 0.1) is 19.8 Å². The molecule has 0 saturated carbocycles. The molecule has 1 heterocycles. The van der Waals surface area contributed by atoms with E-state index in [1.54, 1.807) is 4.90 Å². The fraction of sp³-hybridized carbons (Fsp3) is 0.882. The van der Waals surface area contributed by atoms with E-state index in [-0.39, 0.29) is 17.9 Å². The van der Waals surface area contributed by atoms with Gasteiger partial charge in [-0.25, -0.2) is 0 Å². The second kappa shape index (κ2) is 13.4. The van der Waals surface area contributed by atoms with Gasteiger partial charge in [0.25, 0.3) is 0 Å². The number of nitrogens with one attached hydrogen (secondary N) is 1. The van der Waals surface area contributed by atoms with Crippen LogP contribution in [0.3, 0.4) is 0 Å². The van der Waals surface area contributed by atoms with Gasteiger partial charge in [0.1, 0.15) is 6.04 Å². The zero-order valence-electron chi connectivity index (χ0n) is 14.7. The molecular weight excluding hydrogens is 332 g/mol. The van der Waals surface area contributed by atoms with Crippen molar-refractivity contribution >= 4 is 23.4 Å². The van der Waals surface area contributed by atoms with Gasteiger partial charge >= 0.3 is 0 Å². The number of hydrogen-bond acceptors (Lipinski definition) is 4. The highest BCUT2D eigenvalue weighted by Gasteiger charge is 2.31. The number of hydrogen-bond donors (Lipinski definition) is 1. The fourth-order valence-corrected chi connectivity index (χ4v) is 2.94. The average molecular weight is 363 g/mol. The molecule has 0 aromatic heterocycles. The fourth-order valence-electron chi connectivity index (χ4n) is 2.75. The first-order valence-electron chi connectivity index (χ1n) is 8.93. The van der Waals surface area contributed by atoms with E-state index in [1.807, 2.05) is 0 Å². The smallest absolute Gasteiger partial charge is 0.242 e. The van der Waals surface area contributed by atoms with Crippen LogP contribution in [0.1, 0.15) is 45.4 Å². The number of carbonyl (C=O) groups is 2. The van der Waals surface area contributed by atoms with Crippen LogP contribution < -0.4 is 5.32 Å². The molecule has 24 heavy (non-hydrogen) atoms. The van der Waals surface area contributed by atoms with E-state index in [9.17, 15) is 9.59 Å². The Morgan fingerprint density at radius 3 is 2.50 bits per heavy atom. The molecule has 0 bridgehead atoms. The SMILES string of the molecule is CC(=O)N1CCCC1C(=O)NCCOCCOCCCCCCCl. The van der Waals surface area contributed by atoms with Gasteiger partial charge in [-0.3, -0.25) is 9.59 Å². The van der Waals surface area contributed by atoms with Crippen LogP contribution in [0.5, 0.6) is 0 Å². The average Bonchev–Trinajstić information content (AvgIpc) is 3.05. The monoisotopic (exact) mass is 362 g/mol. The van der Waals surface area contributed by atoms with Crippen LogP contribution in [0.15, 0.2) is 0 Å². The molecule has 2 amide bonds. The van der Waals surface area contributed by atoms with Gasteiger partial charge in [-0.15, -0.1) is 11.6 Å². The van der Waals surface area contributed by atoms with E-state index in [1.165, 1.54) is 6.92 Å². The summed E-state index contributed by atoms with van der Waals surface area (Å²) in [5.74, 6) is 0.613. The second-order valence-corrected chi connectivity index (χ2v) is 6.37. The summed E-state index contributed by atoms with van der Waals surface area (Å²) in [6.45, 7) is 4.95. The summed E-state index contributed by atoms with van der Waals surface area (Å²) in [6, 6.07) is -0.315. The Balaban J connectivity index is 1.91. The predicted molar refractivity (Wildman–Crippen MR) is 94.2 cm³/mol. The first kappa shape index (κ1) is 21.2. The number of alkyl halides is 1. The molecule has 0 aliphatic carbocycles. The molecule has 6 nitrogen and oxygen atoms in total. The van der Waals surface area contributed by atoms with Crippen LogP contribution in [0.2, 0.25) is 0 Å². The van der Waals surface area contributed by atoms with Gasteiger partial charge in [-0.2, -0.15) is 0 Å². The van der Waals surface area contributed by atoms with Gasteiger partial charge in [0.2, 0.25) is 11.8 Å². The zero-order chi connectivity index (χ0) is 17.6. The molecule has 0 aromatic carbocycles. The van der Waals surface area contributed by atoms with Crippen molar-refractivity contribution in [3.63, 3.8) is 0 Å². The number of likely N-dealkylation sites (tertiary alicyclic amines) is 1. The van der Waals surface area contributed by atoms with Gasteiger partial charge in [-0.05, 0) is 25.7 Å². The standard InChI is InChI=1S/C17H31ClN2O4/c1-15(21)20-10-6-7-16(20)17(22)19-9-12-24-14-13-23-11-5-3-2-4-8-18/h16H,2-14H2,1H3,(H,19,22). The van der Waals surface area contributed by atoms with Gasteiger partial charge in [-0.1, -0.05) is 12.8 Å². The Labute approximate surface area is 150 Å². The highest BCUT2D eigenvalue weighted by Crippen LogP contribution is 2.17. The minimum Gasteiger partial charge on any atom is -0.379 e. The van der Waals surface area contributed by atoms with E-state index in [4.69, 9.17) is 21.1 Å². The molecule has 1 atom stereocenters. The normalized spacial score (nSPS) is 17.2. The molecule has 0 radical (unpaired) electrons. The minimum absolute atomic E-state index is 0.0382. The molecule has 1 fully saturated rings. The first-order chi connectivity index (χ1) is 11.7. The summed E-state index contributed by atoms with van der Waals surface area (Å²) in [7, 11) is 0. The van der Waals surface area contributed by atoms with Gasteiger partial charge < -0.3 is 19.7 Å². The first-order valence-corrected chi connectivity index (χ1v) is 9.46. The maximum Gasteiger partial charge on any atom is 0.242 e. The summed E-state index contributed by atoms with van der Waals surface area (Å²) in [6.07, 6.45) is 6.06. The Morgan fingerprint density at radius 1 is 1.08 bits per heavy atom. The largest absolute Gasteiger partial charge is 0.379 e. The second-order valence-electron chi connectivity index (χ2n) is 5.99. The summed E-state index contributed by atoms with van der Waals surface area (Å²) in [5, 5.41) is 2.83. The molecular formula is C17H31ClN2O4. The van der Waals surface area contributed by atoms with Crippen molar-refractivity contribution in [2.24, 2.45) is 0 Å². The van der Waals surface area contributed by atoms with Crippen molar-refractivity contribution in [2.75, 3.05) is 45.4 Å². The van der Waals surface area contributed by atoms with Crippen LogP contribution in [0, 0.1) is 0 Å². The van der Waals surface area contributed by atoms with E-state index >= 15 is 0 Å². The Hall–Kier alpha value is -0.850. The summed E-state index contributed by atoms with van der Waals surface area (Å²) in [5.41, 5.74) is 0. The van der Waals surface area contributed by atoms with E-state index < -0.39 is 0 Å².